The molecule has 1 aliphatic heterocycles. The summed E-state index contributed by atoms with van der Waals surface area (Å²) in [6, 6.07) is 0.339. The molecule has 2 aromatic heterocycles. The van der Waals surface area contributed by atoms with E-state index in [1.165, 1.54) is 0 Å². The fourth-order valence-corrected chi connectivity index (χ4v) is 3.38. The number of aryl methyl sites for hydroxylation is 1. The van der Waals surface area contributed by atoms with Crippen LogP contribution in [0.3, 0.4) is 0 Å². The van der Waals surface area contributed by atoms with Gasteiger partial charge in [-0.25, -0.2) is 4.98 Å². The van der Waals surface area contributed by atoms with E-state index < -0.39 is 0 Å². The summed E-state index contributed by atoms with van der Waals surface area (Å²) in [5.74, 6) is 0.189. The lowest BCUT2D eigenvalue weighted by Crippen LogP contribution is -2.30. The lowest BCUT2D eigenvalue weighted by molar-refractivity contribution is 0.0938. The molecule has 0 bridgehead atoms. The maximum atomic E-state index is 12.3. The topological polar surface area (TPSA) is 51.0 Å². The monoisotopic (exact) mass is 290 g/mol. The SMILES string of the molecule is Cn1cc(C(=O)C[C@@H]2CCCN2Cc2nccs2)cn1. The first kappa shape index (κ1) is 13.5. The third-order valence-electron chi connectivity index (χ3n) is 3.77. The molecule has 5 nitrogen and oxygen atoms in total. The second-order valence-electron chi connectivity index (χ2n) is 5.22. The molecule has 1 fully saturated rings. The van der Waals surface area contributed by atoms with E-state index in [2.05, 4.69) is 15.0 Å². The summed E-state index contributed by atoms with van der Waals surface area (Å²) in [7, 11) is 1.83. The van der Waals surface area contributed by atoms with Crippen LogP contribution in [0.2, 0.25) is 0 Å². The number of thiazole rings is 1. The van der Waals surface area contributed by atoms with Crippen LogP contribution in [0.25, 0.3) is 0 Å². The minimum absolute atomic E-state index is 0.189. The number of carbonyl (C=O) groups is 1. The van der Waals surface area contributed by atoms with E-state index >= 15 is 0 Å². The van der Waals surface area contributed by atoms with Crippen molar-refractivity contribution in [2.45, 2.75) is 31.8 Å². The molecule has 3 rings (SSSR count). The zero-order valence-electron chi connectivity index (χ0n) is 11.5. The van der Waals surface area contributed by atoms with Crippen molar-refractivity contribution in [2.75, 3.05) is 6.54 Å². The van der Waals surface area contributed by atoms with Crippen molar-refractivity contribution in [1.82, 2.24) is 19.7 Å². The van der Waals surface area contributed by atoms with Gasteiger partial charge in [0.15, 0.2) is 5.78 Å². The van der Waals surface area contributed by atoms with Gasteiger partial charge < -0.3 is 0 Å². The average molecular weight is 290 g/mol. The largest absolute Gasteiger partial charge is 0.294 e. The van der Waals surface area contributed by atoms with Crippen LogP contribution in [0.5, 0.6) is 0 Å². The number of aromatic nitrogens is 3. The van der Waals surface area contributed by atoms with Crippen LogP contribution in [0.1, 0.15) is 34.6 Å². The maximum Gasteiger partial charge on any atom is 0.167 e. The normalized spacial score (nSPS) is 19.6. The Kier molecular flexibility index (Phi) is 3.93. The van der Waals surface area contributed by atoms with E-state index in [0.29, 0.717) is 18.0 Å². The van der Waals surface area contributed by atoms with Crippen molar-refractivity contribution in [3.05, 3.63) is 34.5 Å². The van der Waals surface area contributed by atoms with Crippen LogP contribution in [-0.4, -0.2) is 38.0 Å². The van der Waals surface area contributed by atoms with Crippen LogP contribution in [0.15, 0.2) is 24.0 Å². The Hall–Kier alpha value is -1.53. The van der Waals surface area contributed by atoms with Gasteiger partial charge in [-0.1, -0.05) is 0 Å². The Morgan fingerprint density at radius 2 is 2.45 bits per heavy atom. The Balaban J connectivity index is 1.62. The zero-order valence-corrected chi connectivity index (χ0v) is 12.3. The van der Waals surface area contributed by atoms with E-state index in [4.69, 9.17) is 0 Å². The summed E-state index contributed by atoms with van der Waals surface area (Å²) >= 11 is 1.68. The fraction of sp³-hybridized carbons (Fsp3) is 0.500. The highest BCUT2D eigenvalue weighted by Crippen LogP contribution is 2.24. The maximum absolute atomic E-state index is 12.3. The highest BCUT2D eigenvalue weighted by molar-refractivity contribution is 7.09. The first-order valence-corrected chi connectivity index (χ1v) is 7.74. The lowest BCUT2D eigenvalue weighted by atomic mass is 10.0. The second kappa shape index (κ2) is 5.85. The number of hydrogen-bond donors (Lipinski definition) is 0. The van der Waals surface area contributed by atoms with Gasteiger partial charge in [0.1, 0.15) is 5.01 Å². The van der Waals surface area contributed by atoms with Gasteiger partial charge in [0.25, 0.3) is 0 Å². The standard InChI is InChI=1S/C14H18N4OS/c1-17-9-11(8-16-17)13(19)7-12-3-2-5-18(12)10-14-15-4-6-20-14/h4,6,8-9,12H,2-3,5,7,10H2,1H3/t12-/m0/s1. The average Bonchev–Trinajstić information content (AvgIpc) is 3.13. The van der Waals surface area contributed by atoms with Gasteiger partial charge >= 0.3 is 0 Å². The highest BCUT2D eigenvalue weighted by atomic mass is 32.1. The van der Waals surface area contributed by atoms with Crippen molar-refractivity contribution < 1.29 is 4.79 Å². The molecule has 3 heterocycles. The molecule has 6 heteroatoms. The number of rotatable bonds is 5. The van der Waals surface area contributed by atoms with Crippen molar-refractivity contribution >= 4 is 17.1 Å². The highest BCUT2D eigenvalue weighted by Gasteiger charge is 2.27. The summed E-state index contributed by atoms with van der Waals surface area (Å²) in [6.45, 7) is 1.92. The number of likely N-dealkylation sites (tertiary alicyclic amines) is 1. The number of carbonyl (C=O) groups excluding carboxylic acids is 1. The first-order chi connectivity index (χ1) is 9.72. The summed E-state index contributed by atoms with van der Waals surface area (Å²) in [6.07, 6.45) is 8.13. The Morgan fingerprint density at radius 3 is 3.15 bits per heavy atom. The molecule has 0 N–H and O–H groups in total. The number of ketones is 1. The Bertz CT molecular complexity index is 578. The van der Waals surface area contributed by atoms with Crippen LogP contribution in [-0.2, 0) is 13.6 Å². The molecule has 0 radical (unpaired) electrons. The van der Waals surface area contributed by atoms with Gasteiger partial charge in [-0.2, -0.15) is 5.10 Å². The van der Waals surface area contributed by atoms with Crippen LogP contribution in [0, 0.1) is 0 Å². The Labute approximate surface area is 122 Å². The summed E-state index contributed by atoms with van der Waals surface area (Å²) in [5, 5.41) is 7.20. The van der Waals surface area contributed by atoms with Crippen molar-refractivity contribution in [3.8, 4) is 0 Å². The second-order valence-corrected chi connectivity index (χ2v) is 6.20. The van der Waals surface area contributed by atoms with Gasteiger partial charge in [0, 0.05) is 37.3 Å². The van der Waals surface area contributed by atoms with E-state index in [9.17, 15) is 4.79 Å². The third-order valence-corrected chi connectivity index (χ3v) is 4.53. The van der Waals surface area contributed by atoms with Crippen LogP contribution in [0.4, 0.5) is 0 Å². The predicted molar refractivity (Wildman–Crippen MR) is 77.7 cm³/mol. The van der Waals surface area contributed by atoms with E-state index in [1.54, 1.807) is 28.4 Å². The summed E-state index contributed by atoms with van der Waals surface area (Å²) in [5.41, 5.74) is 0.716. The van der Waals surface area contributed by atoms with Crippen molar-refractivity contribution in [2.24, 2.45) is 7.05 Å². The minimum Gasteiger partial charge on any atom is -0.294 e. The molecule has 106 valence electrons. The van der Waals surface area contributed by atoms with Gasteiger partial charge in [-0.05, 0) is 19.4 Å². The van der Waals surface area contributed by atoms with E-state index in [-0.39, 0.29) is 5.78 Å². The third kappa shape index (κ3) is 2.96. The van der Waals surface area contributed by atoms with E-state index in [0.717, 1.165) is 30.9 Å². The number of Topliss-reactive ketones (excluding diaryl/α,β-unsaturated/α-hetero) is 1. The van der Waals surface area contributed by atoms with Crippen LogP contribution >= 0.6 is 11.3 Å². The number of nitrogens with zero attached hydrogens (tertiary/aromatic N) is 4. The van der Waals surface area contributed by atoms with Gasteiger partial charge in [0.2, 0.25) is 0 Å². The van der Waals surface area contributed by atoms with Crippen molar-refractivity contribution in [3.63, 3.8) is 0 Å². The molecule has 1 saturated heterocycles. The van der Waals surface area contributed by atoms with Gasteiger partial charge in [-0.15, -0.1) is 11.3 Å². The van der Waals surface area contributed by atoms with E-state index in [1.807, 2.05) is 18.6 Å². The zero-order chi connectivity index (χ0) is 13.9. The molecule has 0 saturated carbocycles. The molecule has 20 heavy (non-hydrogen) atoms. The van der Waals surface area contributed by atoms with Gasteiger partial charge in [0.05, 0.1) is 18.3 Å². The molecular formula is C14H18N4OS. The predicted octanol–water partition coefficient (Wildman–Crippen LogP) is 2.11. The quantitative estimate of drug-likeness (QED) is 0.791. The smallest absolute Gasteiger partial charge is 0.167 e. The Morgan fingerprint density at radius 1 is 1.55 bits per heavy atom. The molecule has 1 atom stereocenters. The molecule has 0 spiro atoms. The molecule has 2 aromatic rings. The fourth-order valence-electron chi connectivity index (χ4n) is 2.74. The van der Waals surface area contributed by atoms with Gasteiger partial charge in [-0.3, -0.25) is 14.4 Å². The number of hydrogen-bond acceptors (Lipinski definition) is 5. The van der Waals surface area contributed by atoms with Crippen molar-refractivity contribution in [1.29, 1.82) is 0 Å². The molecule has 0 unspecified atom stereocenters. The summed E-state index contributed by atoms with van der Waals surface area (Å²) in [4.78, 5) is 19.0. The molecule has 0 aliphatic carbocycles. The first-order valence-electron chi connectivity index (χ1n) is 6.86. The minimum atomic E-state index is 0.189. The summed E-state index contributed by atoms with van der Waals surface area (Å²) < 4.78 is 1.68. The lowest BCUT2D eigenvalue weighted by Gasteiger charge is -2.22. The molecule has 0 amide bonds. The molecule has 0 aromatic carbocycles. The molecular weight excluding hydrogens is 272 g/mol. The molecule has 1 aliphatic rings. The van der Waals surface area contributed by atoms with Crippen LogP contribution < -0.4 is 0 Å².